The number of hydrogen-bond donors (Lipinski definition) is 2. The largest absolute Gasteiger partial charge is 0.496 e. The van der Waals surface area contributed by atoms with Gasteiger partial charge in [0.2, 0.25) is 0 Å². The van der Waals surface area contributed by atoms with Gasteiger partial charge in [0.05, 0.1) is 13.7 Å². The van der Waals surface area contributed by atoms with E-state index in [9.17, 15) is 4.79 Å². The fourth-order valence-electron chi connectivity index (χ4n) is 1.39. The number of anilines is 1. The first-order valence-corrected chi connectivity index (χ1v) is 5.32. The van der Waals surface area contributed by atoms with E-state index >= 15 is 0 Å². The molecule has 2 N–H and O–H groups in total. The monoisotopic (exact) mass is 256 g/mol. The predicted molar refractivity (Wildman–Crippen MR) is 71.5 cm³/mol. The van der Waals surface area contributed by atoms with Gasteiger partial charge in [-0.25, -0.2) is 4.79 Å². The maximum atomic E-state index is 10.8. The van der Waals surface area contributed by atoms with Crippen LogP contribution in [0.3, 0.4) is 0 Å². The lowest BCUT2D eigenvalue weighted by molar-refractivity contribution is -0.132. The summed E-state index contributed by atoms with van der Waals surface area (Å²) >= 11 is 0. The van der Waals surface area contributed by atoms with Crippen molar-refractivity contribution in [2.75, 3.05) is 19.0 Å². The molecule has 0 radical (unpaired) electrons. The van der Waals surface area contributed by atoms with Crippen LogP contribution < -0.4 is 10.1 Å². The number of terminal acetylenes is 1. The number of rotatable bonds is 5. The number of nitriles is 1. The van der Waals surface area contributed by atoms with Crippen molar-refractivity contribution < 1.29 is 14.6 Å². The minimum atomic E-state index is -1.28. The van der Waals surface area contributed by atoms with Gasteiger partial charge in [0, 0.05) is 17.3 Å². The summed E-state index contributed by atoms with van der Waals surface area (Å²) in [5, 5.41) is 20.5. The molecule has 0 bridgehead atoms. The highest BCUT2D eigenvalue weighted by Gasteiger charge is 2.09. The third kappa shape index (κ3) is 3.79. The lowest BCUT2D eigenvalue weighted by Gasteiger charge is -2.08. The normalized spacial score (nSPS) is 10.2. The second-order valence-electron chi connectivity index (χ2n) is 3.49. The first-order chi connectivity index (χ1) is 9.12. The lowest BCUT2D eigenvalue weighted by Crippen LogP contribution is -2.00. The predicted octanol–water partition coefficient (Wildman–Crippen LogP) is 1.73. The van der Waals surface area contributed by atoms with Crippen molar-refractivity contribution in [1.29, 1.82) is 5.26 Å². The molecule has 0 aliphatic carbocycles. The molecule has 5 heteroatoms. The highest BCUT2D eigenvalue weighted by molar-refractivity contribution is 5.97. The number of ether oxygens (including phenoxy) is 1. The zero-order chi connectivity index (χ0) is 14.3. The fraction of sp³-hybridized carbons (Fsp3) is 0.143. The Kier molecular flexibility index (Phi) is 5.01. The van der Waals surface area contributed by atoms with Crippen LogP contribution in [-0.4, -0.2) is 24.7 Å². The number of hydrogen-bond acceptors (Lipinski definition) is 4. The van der Waals surface area contributed by atoms with Crippen LogP contribution in [-0.2, 0) is 4.79 Å². The van der Waals surface area contributed by atoms with Crippen LogP contribution in [0.4, 0.5) is 5.69 Å². The number of carbonyl (C=O) groups is 1. The average molecular weight is 256 g/mol. The van der Waals surface area contributed by atoms with Crippen molar-refractivity contribution in [3.8, 4) is 24.2 Å². The summed E-state index contributed by atoms with van der Waals surface area (Å²) in [7, 11) is 1.46. The van der Waals surface area contributed by atoms with E-state index in [1.54, 1.807) is 24.3 Å². The third-order valence-electron chi connectivity index (χ3n) is 2.28. The smallest absolute Gasteiger partial charge is 0.346 e. The maximum absolute atomic E-state index is 10.8. The molecule has 0 amide bonds. The van der Waals surface area contributed by atoms with Gasteiger partial charge in [-0.1, -0.05) is 5.92 Å². The van der Waals surface area contributed by atoms with Crippen LogP contribution in [0.1, 0.15) is 5.56 Å². The molecule has 0 aromatic heterocycles. The standard InChI is InChI=1S/C14H12N2O3/c1-3-6-16-12-5-4-10(13(8-12)19-2)7-11(9-15)14(17)18/h1,4-5,7-8,16H,6H2,2H3,(H,17,18)/b11-7+. The fourth-order valence-corrected chi connectivity index (χ4v) is 1.39. The topological polar surface area (TPSA) is 82.4 Å². The van der Waals surface area contributed by atoms with Crippen LogP contribution >= 0.6 is 0 Å². The summed E-state index contributed by atoms with van der Waals surface area (Å²) in [5.41, 5.74) is 0.899. The number of carboxylic acid groups (broad SMARTS) is 1. The maximum Gasteiger partial charge on any atom is 0.346 e. The van der Waals surface area contributed by atoms with Crippen LogP contribution in [0.5, 0.6) is 5.75 Å². The Labute approximate surface area is 111 Å². The van der Waals surface area contributed by atoms with Gasteiger partial charge >= 0.3 is 5.97 Å². The molecule has 1 aromatic rings. The zero-order valence-corrected chi connectivity index (χ0v) is 10.3. The minimum absolute atomic E-state index is 0.359. The average Bonchev–Trinajstić information content (AvgIpc) is 2.42. The van der Waals surface area contributed by atoms with Crippen molar-refractivity contribution >= 4 is 17.7 Å². The lowest BCUT2D eigenvalue weighted by atomic mass is 10.1. The van der Waals surface area contributed by atoms with E-state index in [0.717, 1.165) is 5.69 Å². The molecule has 0 heterocycles. The Bertz CT molecular complexity index is 592. The summed E-state index contributed by atoms with van der Waals surface area (Å²) in [5.74, 6) is 1.62. The van der Waals surface area contributed by atoms with Gasteiger partial charge in [-0.3, -0.25) is 0 Å². The van der Waals surface area contributed by atoms with E-state index in [1.165, 1.54) is 13.2 Å². The summed E-state index contributed by atoms with van der Waals surface area (Å²) in [4.78, 5) is 10.8. The summed E-state index contributed by atoms with van der Waals surface area (Å²) < 4.78 is 5.15. The van der Waals surface area contributed by atoms with Gasteiger partial charge in [0.1, 0.15) is 17.4 Å². The highest BCUT2D eigenvalue weighted by Crippen LogP contribution is 2.25. The molecule has 1 rings (SSSR count). The van der Waals surface area contributed by atoms with Crippen LogP contribution in [0.25, 0.3) is 6.08 Å². The van der Waals surface area contributed by atoms with Gasteiger partial charge in [-0.15, -0.1) is 6.42 Å². The highest BCUT2D eigenvalue weighted by atomic mass is 16.5. The van der Waals surface area contributed by atoms with Crippen molar-refractivity contribution in [2.24, 2.45) is 0 Å². The van der Waals surface area contributed by atoms with E-state index in [2.05, 4.69) is 11.2 Å². The van der Waals surface area contributed by atoms with Gasteiger partial charge in [0.15, 0.2) is 0 Å². The molecule has 0 unspecified atom stereocenters. The molecular formula is C14H12N2O3. The molecule has 19 heavy (non-hydrogen) atoms. The van der Waals surface area contributed by atoms with Crippen molar-refractivity contribution in [3.63, 3.8) is 0 Å². The molecule has 96 valence electrons. The van der Waals surface area contributed by atoms with Crippen LogP contribution in [0, 0.1) is 23.7 Å². The molecule has 0 aliphatic rings. The van der Waals surface area contributed by atoms with Crippen LogP contribution in [0.2, 0.25) is 0 Å². The van der Waals surface area contributed by atoms with E-state index < -0.39 is 5.97 Å². The first kappa shape index (κ1) is 14.1. The molecule has 0 saturated carbocycles. The Balaban J connectivity index is 3.13. The molecule has 0 atom stereocenters. The van der Waals surface area contributed by atoms with Gasteiger partial charge in [-0.05, 0) is 18.2 Å². The zero-order valence-electron chi connectivity index (χ0n) is 10.3. The number of nitrogens with zero attached hydrogens (tertiary/aromatic N) is 1. The van der Waals surface area contributed by atoms with Crippen molar-refractivity contribution in [2.45, 2.75) is 0 Å². The number of carboxylic acids is 1. The first-order valence-electron chi connectivity index (χ1n) is 5.32. The van der Waals surface area contributed by atoms with Crippen LogP contribution in [0.15, 0.2) is 23.8 Å². The van der Waals surface area contributed by atoms with Gasteiger partial charge in [0.25, 0.3) is 0 Å². The minimum Gasteiger partial charge on any atom is -0.496 e. The summed E-state index contributed by atoms with van der Waals surface area (Å²) in [6.45, 7) is 0.372. The Hall–Kier alpha value is -2.92. The molecule has 5 nitrogen and oxygen atoms in total. The molecule has 0 fully saturated rings. The molecular weight excluding hydrogens is 244 g/mol. The van der Waals surface area contributed by atoms with Crippen molar-refractivity contribution in [1.82, 2.24) is 0 Å². The Morgan fingerprint density at radius 1 is 1.63 bits per heavy atom. The molecule has 0 aliphatic heterocycles. The second kappa shape index (κ2) is 6.73. The SMILES string of the molecule is C#CCNc1ccc(/C=C(\C#N)C(=O)O)c(OC)c1. The van der Waals surface area contributed by atoms with Gasteiger partial charge < -0.3 is 15.2 Å². The number of nitrogens with one attached hydrogen (secondary N) is 1. The molecule has 1 aromatic carbocycles. The number of methoxy groups -OCH3 is 1. The summed E-state index contributed by atoms with van der Waals surface area (Å²) in [6.07, 6.45) is 6.40. The van der Waals surface area contributed by atoms with E-state index in [0.29, 0.717) is 17.9 Å². The van der Waals surface area contributed by atoms with Gasteiger partial charge in [-0.2, -0.15) is 5.26 Å². The third-order valence-corrected chi connectivity index (χ3v) is 2.28. The van der Waals surface area contributed by atoms with E-state index in [-0.39, 0.29) is 5.57 Å². The second-order valence-corrected chi connectivity index (χ2v) is 3.49. The Morgan fingerprint density at radius 3 is 2.89 bits per heavy atom. The number of aliphatic carboxylic acids is 1. The summed E-state index contributed by atoms with van der Waals surface area (Å²) in [6, 6.07) is 6.67. The quantitative estimate of drug-likeness (QED) is 0.476. The van der Waals surface area contributed by atoms with E-state index in [4.69, 9.17) is 21.5 Å². The molecule has 0 spiro atoms. The van der Waals surface area contributed by atoms with Crippen molar-refractivity contribution in [3.05, 3.63) is 29.3 Å². The van der Waals surface area contributed by atoms with E-state index in [1.807, 2.05) is 0 Å². The Morgan fingerprint density at radius 2 is 2.37 bits per heavy atom. The molecule has 0 saturated heterocycles. The number of benzene rings is 1.